The standard InChI is InChI=1S/C25H25N5O2/c1-17-24(18(2)28-16-27-17)22-14-21(8-9-23(22)32-13-12-30-10-3-11-30)29-25(31)20-6-4-19(15-26)5-7-20/h4-9,14,16H,3,10-13H2,1-2H3,(H,29,31). The number of nitrogens with zero attached hydrogens (tertiary/aromatic N) is 4. The molecule has 2 aromatic carbocycles. The van der Waals surface area contributed by atoms with Gasteiger partial charge in [-0.3, -0.25) is 9.69 Å². The number of nitriles is 1. The maximum atomic E-state index is 12.7. The van der Waals surface area contributed by atoms with Gasteiger partial charge in [0.2, 0.25) is 0 Å². The molecular weight excluding hydrogens is 402 g/mol. The van der Waals surface area contributed by atoms with Crippen LogP contribution >= 0.6 is 0 Å². The van der Waals surface area contributed by atoms with Gasteiger partial charge in [0.05, 0.1) is 11.6 Å². The number of hydrogen-bond donors (Lipinski definition) is 1. The second-order valence-electron chi connectivity index (χ2n) is 7.82. The van der Waals surface area contributed by atoms with Crippen LogP contribution in [0.2, 0.25) is 0 Å². The summed E-state index contributed by atoms with van der Waals surface area (Å²) < 4.78 is 6.14. The number of anilines is 1. The van der Waals surface area contributed by atoms with Crippen molar-refractivity contribution in [3.8, 4) is 22.9 Å². The predicted octanol–water partition coefficient (Wildman–Crippen LogP) is 3.97. The first-order valence-corrected chi connectivity index (χ1v) is 10.6. The second-order valence-corrected chi connectivity index (χ2v) is 7.82. The van der Waals surface area contributed by atoms with E-state index in [4.69, 9.17) is 10.00 Å². The van der Waals surface area contributed by atoms with Crippen molar-refractivity contribution >= 4 is 11.6 Å². The first kappa shape index (κ1) is 21.5. The van der Waals surface area contributed by atoms with Gasteiger partial charge in [-0.1, -0.05) is 0 Å². The lowest BCUT2D eigenvalue weighted by molar-refractivity contribution is 0.102. The number of carbonyl (C=O) groups is 1. The van der Waals surface area contributed by atoms with Crippen LogP contribution in [0.1, 0.15) is 33.7 Å². The molecular formula is C25H25N5O2. The van der Waals surface area contributed by atoms with Gasteiger partial charge in [0.25, 0.3) is 5.91 Å². The molecule has 0 unspecified atom stereocenters. The Morgan fingerprint density at radius 1 is 1.12 bits per heavy atom. The van der Waals surface area contributed by atoms with Crippen molar-refractivity contribution in [3.63, 3.8) is 0 Å². The highest BCUT2D eigenvalue weighted by Gasteiger charge is 2.17. The van der Waals surface area contributed by atoms with Crippen LogP contribution in [0.3, 0.4) is 0 Å². The minimum Gasteiger partial charge on any atom is -0.492 e. The Hall–Kier alpha value is -3.76. The van der Waals surface area contributed by atoms with Gasteiger partial charge in [0.1, 0.15) is 18.7 Å². The molecule has 0 bridgehead atoms. The minimum absolute atomic E-state index is 0.246. The summed E-state index contributed by atoms with van der Waals surface area (Å²) in [6, 6.07) is 14.2. The zero-order valence-corrected chi connectivity index (χ0v) is 18.3. The molecule has 1 aliphatic rings. The quantitative estimate of drug-likeness (QED) is 0.614. The fourth-order valence-electron chi connectivity index (χ4n) is 3.70. The smallest absolute Gasteiger partial charge is 0.255 e. The lowest BCUT2D eigenvalue weighted by atomic mass is 10.0. The largest absolute Gasteiger partial charge is 0.492 e. The Labute approximate surface area is 187 Å². The minimum atomic E-state index is -0.246. The summed E-state index contributed by atoms with van der Waals surface area (Å²) in [5.74, 6) is 0.493. The average Bonchev–Trinajstić information content (AvgIpc) is 2.76. The highest BCUT2D eigenvalue weighted by molar-refractivity contribution is 6.04. The summed E-state index contributed by atoms with van der Waals surface area (Å²) in [6.07, 6.45) is 2.80. The molecule has 0 radical (unpaired) electrons. The van der Waals surface area contributed by atoms with Crippen molar-refractivity contribution in [2.75, 3.05) is 31.6 Å². The Bertz CT molecular complexity index is 1140. The van der Waals surface area contributed by atoms with Gasteiger partial charge in [-0.2, -0.15) is 5.26 Å². The summed E-state index contributed by atoms with van der Waals surface area (Å²) in [4.78, 5) is 23.8. The summed E-state index contributed by atoms with van der Waals surface area (Å²) in [5, 5.41) is 11.9. The molecule has 4 rings (SSSR count). The number of benzene rings is 2. The zero-order valence-electron chi connectivity index (χ0n) is 18.3. The number of likely N-dealkylation sites (tertiary alicyclic amines) is 1. The summed E-state index contributed by atoms with van der Waals surface area (Å²) in [7, 11) is 0. The third-order valence-corrected chi connectivity index (χ3v) is 5.62. The van der Waals surface area contributed by atoms with Crippen molar-refractivity contribution in [1.82, 2.24) is 14.9 Å². The van der Waals surface area contributed by atoms with E-state index in [-0.39, 0.29) is 5.91 Å². The highest BCUT2D eigenvalue weighted by atomic mass is 16.5. The number of rotatable bonds is 7. The number of amides is 1. The molecule has 7 nitrogen and oxygen atoms in total. The van der Waals surface area contributed by atoms with Crippen molar-refractivity contribution in [2.45, 2.75) is 20.3 Å². The Kier molecular flexibility index (Phi) is 6.43. The van der Waals surface area contributed by atoms with Gasteiger partial charge >= 0.3 is 0 Å². The van der Waals surface area contributed by atoms with Crippen molar-refractivity contribution in [1.29, 1.82) is 5.26 Å². The highest BCUT2D eigenvalue weighted by Crippen LogP contribution is 2.35. The molecule has 1 aliphatic heterocycles. The molecule has 1 saturated heterocycles. The van der Waals surface area contributed by atoms with Crippen molar-refractivity contribution in [2.24, 2.45) is 0 Å². The van der Waals surface area contributed by atoms with Crippen LogP contribution in [-0.2, 0) is 0 Å². The number of nitrogens with one attached hydrogen (secondary N) is 1. The normalized spacial score (nSPS) is 13.2. The van der Waals surface area contributed by atoms with Crippen LogP contribution in [0, 0.1) is 25.2 Å². The summed E-state index contributed by atoms with van der Waals surface area (Å²) >= 11 is 0. The first-order valence-electron chi connectivity index (χ1n) is 10.6. The van der Waals surface area contributed by atoms with Crippen LogP contribution in [0.15, 0.2) is 48.8 Å². The van der Waals surface area contributed by atoms with Crippen LogP contribution < -0.4 is 10.1 Å². The fraction of sp³-hybridized carbons (Fsp3) is 0.280. The SMILES string of the molecule is Cc1ncnc(C)c1-c1cc(NC(=O)c2ccc(C#N)cc2)ccc1OCCN1CCC1. The number of aryl methyl sites for hydroxylation is 2. The van der Waals surface area contributed by atoms with E-state index in [1.54, 1.807) is 30.6 Å². The maximum Gasteiger partial charge on any atom is 0.255 e. The van der Waals surface area contributed by atoms with Gasteiger partial charge in [0.15, 0.2) is 0 Å². The van der Waals surface area contributed by atoms with Gasteiger partial charge in [-0.05, 0) is 75.8 Å². The molecule has 0 atom stereocenters. The van der Waals surface area contributed by atoms with Crippen LogP contribution in [-0.4, -0.2) is 47.0 Å². The van der Waals surface area contributed by atoms with Crippen molar-refractivity contribution < 1.29 is 9.53 Å². The van der Waals surface area contributed by atoms with E-state index in [9.17, 15) is 4.79 Å². The van der Waals surface area contributed by atoms with Crippen LogP contribution in [0.25, 0.3) is 11.1 Å². The Balaban J connectivity index is 1.60. The van der Waals surface area contributed by atoms with E-state index < -0.39 is 0 Å². The van der Waals surface area contributed by atoms with Crippen molar-refractivity contribution in [3.05, 3.63) is 71.3 Å². The molecule has 1 N–H and O–H groups in total. The van der Waals surface area contributed by atoms with E-state index in [1.807, 2.05) is 32.0 Å². The first-order chi connectivity index (χ1) is 15.5. The molecule has 2 heterocycles. The molecule has 0 aliphatic carbocycles. The molecule has 1 fully saturated rings. The van der Waals surface area contributed by atoms with Gasteiger partial charge in [0, 0.05) is 40.3 Å². The second kappa shape index (κ2) is 9.58. The molecule has 162 valence electrons. The van der Waals surface area contributed by atoms with E-state index in [0.29, 0.717) is 23.4 Å². The number of hydrogen-bond acceptors (Lipinski definition) is 6. The number of ether oxygens (including phenoxy) is 1. The third-order valence-electron chi connectivity index (χ3n) is 5.62. The predicted molar refractivity (Wildman–Crippen MR) is 123 cm³/mol. The summed E-state index contributed by atoms with van der Waals surface area (Å²) in [6.45, 7) is 7.61. The van der Waals surface area contributed by atoms with Gasteiger partial charge < -0.3 is 10.1 Å². The Morgan fingerprint density at radius 2 is 1.84 bits per heavy atom. The van der Waals surface area contributed by atoms with Crippen LogP contribution in [0.5, 0.6) is 5.75 Å². The van der Waals surface area contributed by atoms with E-state index in [1.165, 1.54) is 6.42 Å². The number of aromatic nitrogens is 2. The monoisotopic (exact) mass is 427 g/mol. The van der Waals surface area contributed by atoms with E-state index in [2.05, 4.69) is 26.3 Å². The van der Waals surface area contributed by atoms with Crippen LogP contribution in [0.4, 0.5) is 5.69 Å². The topological polar surface area (TPSA) is 91.1 Å². The molecule has 32 heavy (non-hydrogen) atoms. The fourth-order valence-corrected chi connectivity index (χ4v) is 3.70. The lowest BCUT2D eigenvalue weighted by Gasteiger charge is -2.30. The molecule has 3 aromatic rings. The molecule has 7 heteroatoms. The third kappa shape index (κ3) is 4.76. The lowest BCUT2D eigenvalue weighted by Crippen LogP contribution is -2.39. The van der Waals surface area contributed by atoms with E-state index in [0.717, 1.165) is 47.9 Å². The molecule has 1 amide bonds. The molecule has 1 aromatic heterocycles. The average molecular weight is 428 g/mol. The summed E-state index contributed by atoms with van der Waals surface area (Å²) in [5.41, 5.74) is 5.09. The molecule has 0 spiro atoms. The zero-order chi connectivity index (χ0) is 22.5. The van der Waals surface area contributed by atoms with Gasteiger partial charge in [-0.25, -0.2) is 9.97 Å². The Morgan fingerprint density at radius 3 is 2.47 bits per heavy atom. The molecule has 0 saturated carbocycles. The van der Waals surface area contributed by atoms with Gasteiger partial charge in [-0.15, -0.1) is 0 Å². The van der Waals surface area contributed by atoms with E-state index >= 15 is 0 Å². The number of carbonyl (C=O) groups excluding carboxylic acids is 1. The maximum absolute atomic E-state index is 12.7.